The van der Waals surface area contributed by atoms with Crippen molar-refractivity contribution in [3.05, 3.63) is 0 Å². The molecule has 0 unspecified atom stereocenters. The summed E-state index contributed by atoms with van der Waals surface area (Å²) in [5.74, 6) is 0.790. The van der Waals surface area contributed by atoms with Crippen molar-refractivity contribution in [2.24, 2.45) is 5.92 Å². The van der Waals surface area contributed by atoms with Crippen LogP contribution >= 0.6 is 0 Å². The van der Waals surface area contributed by atoms with Crippen molar-refractivity contribution < 1.29 is 33.1 Å². The molecular formula is C9H19ClO5S. The molecular weight excluding hydrogens is 256 g/mol. The van der Waals surface area contributed by atoms with Gasteiger partial charge in [-0.15, -0.1) is 10.2 Å². The lowest BCUT2D eigenvalue weighted by Crippen LogP contribution is -2.68. The highest BCUT2D eigenvalue weighted by Crippen LogP contribution is 2.27. The van der Waals surface area contributed by atoms with E-state index in [-0.39, 0.29) is 11.2 Å². The number of hydrogen-bond donors (Lipinski definition) is 0. The summed E-state index contributed by atoms with van der Waals surface area (Å²) in [4.78, 5) is 0. The van der Waals surface area contributed by atoms with E-state index in [1.807, 2.05) is 0 Å². The second-order valence-corrected chi connectivity index (χ2v) is 6.45. The molecule has 1 rings (SSSR count). The minimum atomic E-state index is -4.94. The van der Waals surface area contributed by atoms with E-state index in [9.17, 15) is 0 Å². The van der Waals surface area contributed by atoms with Crippen LogP contribution in [-0.4, -0.2) is 18.6 Å². The summed E-state index contributed by atoms with van der Waals surface area (Å²) in [6, 6.07) is 0. The molecule has 16 heavy (non-hydrogen) atoms. The predicted octanol–water partition coefficient (Wildman–Crippen LogP) is -2.38. The van der Waals surface area contributed by atoms with Gasteiger partial charge in [0.05, 0.1) is 0 Å². The van der Waals surface area contributed by atoms with E-state index in [0.29, 0.717) is 6.10 Å². The fourth-order valence-corrected chi connectivity index (χ4v) is 2.45. The third-order valence-electron chi connectivity index (χ3n) is 2.35. The Hall–Kier alpha value is 0.440. The molecule has 0 saturated heterocycles. The Labute approximate surface area is 102 Å². The lowest BCUT2D eigenvalue weighted by Gasteiger charge is -2.25. The lowest BCUT2D eigenvalue weighted by atomic mass is 9.88. The van der Waals surface area contributed by atoms with Gasteiger partial charge in [0, 0.05) is 0 Å². The average Bonchev–Trinajstić information content (AvgIpc) is 2.05. The van der Waals surface area contributed by atoms with Crippen LogP contribution in [0.25, 0.3) is 0 Å². The Bertz CT molecular complexity index is 179. The smallest absolute Gasteiger partial charge is 0.141 e. The van der Waals surface area contributed by atoms with Crippen molar-refractivity contribution in [3.63, 3.8) is 0 Å². The average molecular weight is 275 g/mol. The van der Waals surface area contributed by atoms with Gasteiger partial charge in [0.1, 0.15) is 29.8 Å². The first kappa shape index (κ1) is 16.4. The molecule has 0 amide bonds. The maximum Gasteiger partial charge on any atom is 0.141 e. The normalized spacial score (nSPS) is 26.2. The number of rotatable bonds is 2. The van der Waals surface area contributed by atoms with E-state index >= 15 is 0 Å². The topological polar surface area (TPSA) is 101 Å². The van der Waals surface area contributed by atoms with Crippen molar-refractivity contribution >= 4 is 11.2 Å². The summed E-state index contributed by atoms with van der Waals surface area (Å²) >= 11 is 0.166. The van der Waals surface area contributed by atoms with Gasteiger partial charge in [-0.2, -0.15) is 4.18 Å². The zero-order valence-electron chi connectivity index (χ0n) is 9.81. The van der Waals surface area contributed by atoms with Gasteiger partial charge >= 0.3 is 0 Å². The Kier molecular flexibility index (Phi) is 7.92. The molecule has 1 fully saturated rings. The van der Waals surface area contributed by atoms with Crippen molar-refractivity contribution in [1.82, 2.24) is 0 Å². The molecule has 5 nitrogen and oxygen atoms in total. The van der Waals surface area contributed by atoms with E-state index in [1.54, 1.807) is 0 Å². The Morgan fingerprint density at radius 3 is 1.88 bits per heavy atom. The molecule has 1 saturated carbocycles. The van der Waals surface area contributed by atoms with Gasteiger partial charge in [-0.05, 0) is 18.8 Å². The van der Waals surface area contributed by atoms with Crippen molar-refractivity contribution in [3.8, 4) is 0 Å². The Balaban J connectivity index is 0.000000385. The molecule has 7 heteroatoms. The SMILES string of the molecule is C[C@H]1CCCC[C@H]1O[S+](C)C.[O-][Cl+3]([O-])([O-])[O-]. The fourth-order valence-electron chi connectivity index (χ4n) is 1.67. The van der Waals surface area contributed by atoms with Crippen LogP contribution in [0.3, 0.4) is 0 Å². The molecule has 0 aliphatic heterocycles. The minimum Gasteiger partial charge on any atom is -0.222 e. The van der Waals surface area contributed by atoms with E-state index in [2.05, 4.69) is 19.4 Å². The number of halogens is 1. The van der Waals surface area contributed by atoms with Crippen LogP contribution in [-0.2, 0) is 15.4 Å². The minimum absolute atomic E-state index is 0.166. The molecule has 1 aliphatic rings. The molecule has 0 heterocycles. The summed E-state index contributed by atoms with van der Waals surface area (Å²) < 4.78 is 39.8. The van der Waals surface area contributed by atoms with Gasteiger partial charge in [-0.25, -0.2) is 18.6 Å². The Morgan fingerprint density at radius 1 is 1.06 bits per heavy atom. The molecule has 0 N–H and O–H groups in total. The van der Waals surface area contributed by atoms with Crippen molar-refractivity contribution in [2.45, 2.75) is 38.7 Å². The highest BCUT2D eigenvalue weighted by molar-refractivity contribution is 7.90. The van der Waals surface area contributed by atoms with Gasteiger partial charge in [-0.3, -0.25) is 0 Å². The molecule has 98 valence electrons. The molecule has 0 aromatic rings. The summed E-state index contributed by atoms with van der Waals surface area (Å²) in [5.41, 5.74) is 0. The predicted molar refractivity (Wildman–Crippen MR) is 51.7 cm³/mol. The number of hydrogen-bond acceptors (Lipinski definition) is 5. The highest BCUT2D eigenvalue weighted by atomic mass is 35.7. The van der Waals surface area contributed by atoms with Crippen LogP contribution in [0.4, 0.5) is 0 Å². The van der Waals surface area contributed by atoms with Crippen LogP contribution in [0, 0.1) is 16.2 Å². The van der Waals surface area contributed by atoms with E-state index in [4.69, 9.17) is 22.8 Å². The molecule has 0 aromatic heterocycles. The maximum atomic E-state index is 8.49. The molecule has 1 aliphatic carbocycles. The summed E-state index contributed by atoms with van der Waals surface area (Å²) in [6.07, 6.45) is 10.3. The van der Waals surface area contributed by atoms with Crippen LogP contribution < -0.4 is 18.6 Å². The van der Waals surface area contributed by atoms with Crippen LogP contribution in [0.1, 0.15) is 32.6 Å². The summed E-state index contributed by atoms with van der Waals surface area (Å²) in [6.45, 7) is 2.32. The van der Waals surface area contributed by atoms with Crippen LogP contribution in [0.2, 0.25) is 0 Å². The fraction of sp³-hybridized carbons (Fsp3) is 1.00. The van der Waals surface area contributed by atoms with E-state index in [1.165, 1.54) is 25.7 Å². The molecule has 0 radical (unpaired) electrons. The Morgan fingerprint density at radius 2 is 1.50 bits per heavy atom. The van der Waals surface area contributed by atoms with Crippen LogP contribution in [0.15, 0.2) is 0 Å². The quantitative estimate of drug-likeness (QED) is 0.523. The van der Waals surface area contributed by atoms with Crippen molar-refractivity contribution in [1.29, 1.82) is 0 Å². The second kappa shape index (κ2) is 7.71. The molecule has 0 bridgehead atoms. The van der Waals surface area contributed by atoms with Crippen molar-refractivity contribution in [2.75, 3.05) is 12.5 Å². The summed E-state index contributed by atoms with van der Waals surface area (Å²) in [5, 5.41) is 0. The largest absolute Gasteiger partial charge is 0.222 e. The van der Waals surface area contributed by atoms with Gasteiger partial charge in [-0.1, -0.05) is 19.8 Å². The van der Waals surface area contributed by atoms with Gasteiger partial charge in [0.15, 0.2) is 0 Å². The van der Waals surface area contributed by atoms with Crippen LogP contribution in [0.5, 0.6) is 0 Å². The van der Waals surface area contributed by atoms with Gasteiger partial charge in [0.2, 0.25) is 0 Å². The third-order valence-corrected chi connectivity index (χ3v) is 2.98. The third kappa shape index (κ3) is 10.9. The van der Waals surface area contributed by atoms with Gasteiger partial charge in [0.25, 0.3) is 0 Å². The second-order valence-electron chi connectivity index (χ2n) is 4.02. The zero-order valence-corrected chi connectivity index (χ0v) is 11.4. The molecule has 0 aromatic carbocycles. The maximum absolute atomic E-state index is 8.49. The zero-order chi connectivity index (χ0) is 12.8. The van der Waals surface area contributed by atoms with Gasteiger partial charge < -0.3 is 0 Å². The summed E-state index contributed by atoms with van der Waals surface area (Å²) in [7, 11) is -4.94. The van der Waals surface area contributed by atoms with E-state index in [0.717, 1.165) is 5.92 Å². The van der Waals surface area contributed by atoms with E-state index < -0.39 is 10.2 Å². The first-order valence-electron chi connectivity index (χ1n) is 5.06. The molecule has 2 atom stereocenters. The standard InChI is InChI=1S/C9H19OS.ClHO4/c1-8-6-4-5-7-9(8)10-11(2)3;2-1(3,4)5/h8-9H,4-7H2,1-3H3;(H,2,3,4,5)/q+1;/p-1/t8-,9+;/m0./s1. The lowest BCUT2D eigenvalue weighted by molar-refractivity contribution is -2.00. The first-order chi connectivity index (χ1) is 7.20. The molecule has 0 spiro atoms. The first-order valence-corrected chi connectivity index (χ1v) is 8.26. The highest BCUT2D eigenvalue weighted by Gasteiger charge is 2.26. The monoisotopic (exact) mass is 274 g/mol.